The molecule has 0 saturated carbocycles. The molecule has 0 spiro atoms. The standard InChI is InChI=1S/C14H10FN/c15-14-9-8-11(5-3-4-10-16)12-6-1-2-7-13(12)14/h1-3,5-9H,4H2. The molecule has 2 heteroatoms. The zero-order valence-corrected chi connectivity index (χ0v) is 8.65. The lowest BCUT2D eigenvalue weighted by Gasteiger charge is -2.02. The summed E-state index contributed by atoms with van der Waals surface area (Å²) in [6.45, 7) is 0. The highest BCUT2D eigenvalue weighted by Crippen LogP contribution is 2.22. The molecule has 0 saturated heterocycles. The van der Waals surface area contributed by atoms with Crippen LogP contribution in [-0.4, -0.2) is 0 Å². The first-order valence-corrected chi connectivity index (χ1v) is 5.03. The van der Waals surface area contributed by atoms with E-state index in [0.29, 0.717) is 11.8 Å². The molecular weight excluding hydrogens is 201 g/mol. The second kappa shape index (κ2) is 4.59. The predicted molar refractivity (Wildman–Crippen MR) is 63.2 cm³/mol. The zero-order valence-electron chi connectivity index (χ0n) is 8.65. The largest absolute Gasteiger partial charge is 0.206 e. The molecule has 0 amide bonds. The molecule has 0 atom stereocenters. The first-order valence-electron chi connectivity index (χ1n) is 5.03. The van der Waals surface area contributed by atoms with Crippen molar-refractivity contribution in [1.29, 1.82) is 5.26 Å². The minimum Gasteiger partial charge on any atom is -0.206 e. The maximum absolute atomic E-state index is 13.5. The SMILES string of the molecule is N#CCC=Cc1ccc(F)c2ccccc12. The van der Waals surface area contributed by atoms with Crippen molar-refractivity contribution < 1.29 is 4.39 Å². The molecule has 2 aromatic rings. The molecular formula is C14H10FN. The Kier molecular flexibility index (Phi) is 2.98. The Morgan fingerprint density at radius 3 is 2.62 bits per heavy atom. The third-order valence-electron chi connectivity index (χ3n) is 2.41. The van der Waals surface area contributed by atoms with Gasteiger partial charge in [-0.3, -0.25) is 0 Å². The van der Waals surface area contributed by atoms with Crippen LogP contribution in [0, 0.1) is 17.1 Å². The van der Waals surface area contributed by atoms with Gasteiger partial charge in [-0.25, -0.2) is 4.39 Å². The van der Waals surface area contributed by atoms with E-state index in [1.165, 1.54) is 6.07 Å². The number of benzene rings is 2. The number of halogens is 1. The lowest BCUT2D eigenvalue weighted by molar-refractivity contribution is 0.640. The van der Waals surface area contributed by atoms with Gasteiger partial charge in [-0.15, -0.1) is 0 Å². The molecule has 2 aromatic carbocycles. The van der Waals surface area contributed by atoms with E-state index in [9.17, 15) is 4.39 Å². The van der Waals surface area contributed by atoms with E-state index >= 15 is 0 Å². The first kappa shape index (κ1) is 10.4. The minimum absolute atomic E-state index is 0.215. The molecule has 0 aromatic heterocycles. The molecule has 0 heterocycles. The molecule has 78 valence electrons. The van der Waals surface area contributed by atoms with Crippen LogP contribution >= 0.6 is 0 Å². The fourth-order valence-corrected chi connectivity index (χ4v) is 1.67. The second-order valence-corrected chi connectivity index (χ2v) is 3.45. The smallest absolute Gasteiger partial charge is 0.131 e. The lowest BCUT2D eigenvalue weighted by atomic mass is 10.0. The van der Waals surface area contributed by atoms with Gasteiger partial charge in [-0.1, -0.05) is 42.5 Å². The highest BCUT2D eigenvalue weighted by molar-refractivity contribution is 5.90. The fraction of sp³-hybridized carbons (Fsp3) is 0.0714. The molecule has 1 nitrogen and oxygen atoms in total. The van der Waals surface area contributed by atoms with Crippen molar-refractivity contribution in [2.45, 2.75) is 6.42 Å². The van der Waals surface area contributed by atoms with E-state index < -0.39 is 0 Å². The van der Waals surface area contributed by atoms with Gasteiger partial charge < -0.3 is 0 Å². The maximum Gasteiger partial charge on any atom is 0.131 e. The van der Waals surface area contributed by atoms with Gasteiger partial charge in [0.2, 0.25) is 0 Å². The molecule has 0 bridgehead atoms. The number of nitrogens with zero attached hydrogens (tertiary/aromatic N) is 1. The summed E-state index contributed by atoms with van der Waals surface area (Å²) in [5.74, 6) is -0.215. The maximum atomic E-state index is 13.5. The highest BCUT2D eigenvalue weighted by atomic mass is 19.1. The summed E-state index contributed by atoms with van der Waals surface area (Å²) >= 11 is 0. The normalized spacial score (nSPS) is 10.8. The first-order chi connectivity index (χ1) is 7.83. The van der Waals surface area contributed by atoms with Crippen molar-refractivity contribution in [1.82, 2.24) is 0 Å². The quantitative estimate of drug-likeness (QED) is 0.738. The predicted octanol–water partition coefficient (Wildman–Crippen LogP) is 3.91. The number of fused-ring (bicyclic) bond motifs is 1. The number of nitriles is 1. The molecule has 0 radical (unpaired) electrons. The summed E-state index contributed by atoms with van der Waals surface area (Å²) < 4.78 is 13.5. The van der Waals surface area contributed by atoms with E-state index in [1.54, 1.807) is 18.2 Å². The van der Waals surface area contributed by atoms with Crippen molar-refractivity contribution in [3.63, 3.8) is 0 Å². The van der Waals surface area contributed by atoms with Crippen molar-refractivity contribution in [2.24, 2.45) is 0 Å². The number of allylic oxidation sites excluding steroid dienone is 1. The van der Waals surface area contributed by atoms with Crippen molar-refractivity contribution in [3.05, 3.63) is 53.9 Å². The molecule has 16 heavy (non-hydrogen) atoms. The van der Waals surface area contributed by atoms with Gasteiger partial charge in [0.15, 0.2) is 0 Å². The van der Waals surface area contributed by atoms with Gasteiger partial charge in [0.1, 0.15) is 5.82 Å². The number of rotatable bonds is 2. The van der Waals surface area contributed by atoms with Gasteiger partial charge in [-0.2, -0.15) is 5.26 Å². The van der Waals surface area contributed by atoms with Crippen LogP contribution in [0.15, 0.2) is 42.5 Å². The van der Waals surface area contributed by atoms with Gasteiger partial charge >= 0.3 is 0 Å². The molecule has 2 rings (SSSR count). The van der Waals surface area contributed by atoms with Crippen LogP contribution in [0.4, 0.5) is 4.39 Å². The van der Waals surface area contributed by atoms with Crippen LogP contribution in [0.25, 0.3) is 16.8 Å². The van der Waals surface area contributed by atoms with Gasteiger partial charge in [0.25, 0.3) is 0 Å². The fourth-order valence-electron chi connectivity index (χ4n) is 1.67. The van der Waals surface area contributed by atoms with Crippen LogP contribution in [-0.2, 0) is 0 Å². The van der Waals surface area contributed by atoms with Gasteiger partial charge in [-0.05, 0) is 17.0 Å². The highest BCUT2D eigenvalue weighted by Gasteiger charge is 2.02. The molecule has 0 fully saturated rings. The Balaban J connectivity index is 2.55. The third-order valence-corrected chi connectivity index (χ3v) is 2.41. The van der Waals surface area contributed by atoms with E-state index in [1.807, 2.05) is 30.3 Å². The van der Waals surface area contributed by atoms with Crippen molar-refractivity contribution >= 4 is 16.8 Å². The molecule has 0 unspecified atom stereocenters. The van der Waals surface area contributed by atoms with Crippen molar-refractivity contribution in [2.75, 3.05) is 0 Å². The average molecular weight is 211 g/mol. The van der Waals surface area contributed by atoms with E-state index in [-0.39, 0.29) is 5.82 Å². The summed E-state index contributed by atoms with van der Waals surface area (Å²) in [7, 11) is 0. The third kappa shape index (κ3) is 1.94. The second-order valence-electron chi connectivity index (χ2n) is 3.45. The van der Waals surface area contributed by atoms with Crippen LogP contribution in [0.2, 0.25) is 0 Å². The van der Waals surface area contributed by atoms with Crippen LogP contribution in [0.5, 0.6) is 0 Å². The number of hydrogen-bond donors (Lipinski definition) is 0. The Bertz CT molecular complexity index is 579. The summed E-state index contributed by atoms with van der Waals surface area (Å²) in [6.07, 6.45) is 4.00. The van der Waals surface area contributed by atoms with Crippen LogP contribution in [0.3, 0.4) is 0 Å². The van der Waals surface area contributed by atoms with E-state index in [0.717, 1.165) is 10.9 Å². The van der Waals surface area contributed by atoms with E-state index in [4.69, 9.17) is 5.26 Å². The summed E-state index contributed by atoms with van der Waals surface area (Å²) in [4.78, 5) is 0. The van der Waals surface area contributed by atoms with Crippen LogP contribution in [0.1, 0.15) is 12.0 Å². The van der Waals surface area contributed by atoms with Crippen LogP contribution < -0.4 is 0 Å². The van der Waals surface area contributed by atoms with Crippen molar-refractivity contribution in [3.8, 4) is 6.07 Å². The monoisotopic (exact) mass is 211 g/mol. The summed E-state index contributed by atoms with van der Waals surface area (Å²) in [5, 5.41) is 9.92. The number of hydrogen-bond acceptors (Lipinski definition) is 1. The molecule has 0 N–H and O–H groups in total. The molecule has 0 aliphatic rings. The van der Waals surface area contributed by atoms with Gasteiger partial charge in [0, 0.05) is 5.39 Å². The lowest BCUT2D eigenvalue weighted by Crippen LogP contribution is -1.82. The summed E-state index contributed by atoms with van der Waals surface area (Å²) in [5.41, 5.74) is 0.937. The Labute approximate surface area is 93.4 Å². The molecule has 0 aliphatic heterocycles. The summed E-state index contributed by atoms with van der Waals surface area (Å²) in [6, 6.07) is 12.5. The van der Waals surface area contributed by atoms with Gasteiger partial charge in [0.05, 0.1) is 12.5 Å². The molecule has 0 aliphatic carbocycles. The minimum atomic E-state index is -0.215. The topological polar surface area (TPSA) is 23.8 Å². The zero-order chi connectivity index (χ0) is 11.4. The Morgan fingerprint density at radius 2 is 1.88 bits per heavy atom. The Morgan fingerprint density at radius 1 is 1.12 bits per heavy atom. The van der Waals surface area contributed by atoms with E-state index in [2.05, 4.69) is 0 Å². The average Bonchev–Trinajstić information content (AvgIpc) is 2.33. The Hall–Kier alpha value is -2.14.